The number of hydrogen-bond acceptors (Lipinski definition) is 6. The summed E-state index contributed by atoms with van der Waals surface area (Å²) in [6, 6.07) is 7.71. The summed E-state index contributed by atoms with van der Waals surface area (Å²) in [6.07, 6.45) is 3.70. The maximum atomic E-state index is 12.0. The van der Waals surface area contributed by atoms with Gasteiger partial charge in [-0.15, -0.1) is 28.5 Å². The standard InChI is InChI=1S/C14H17N5OS2/c1-3-7-19-13(15)17-18-14(19)22-9-12(20)16-10-5-4-6-11(8-10)21-2/h3-6,8H,1,7,9H2,2H3,(H2,15,17)(H,16,20). The predicted molar refractivity (Wildman–Crippen MR) is 92.2 cm³/mol. The Morgan fingerprint density at radius 2 is 2.32 bits per heavy atom. The van der Waals surface area contributed by atoms with Crippen LogP contribution < -0.4 is 11.1 Å². The number of nitrogens with one attached hydrogen (secondary N) is 1. The van der Waals surface area contributed by atoms with Gasteiger partial charge >= 0.3 is 0 Å². The van der Waals surface area contributed by atoms with E-state index in [2.05, 4.69) is 22.1 Å². The second kappa shape index (κ2) is 7.90. The smallest absolute Gasteiger partial charge is 0.234 e. The highest BCUT2D eigenvalue weighted by atomic mass is 32.2. The molecule has 0 saturated carbocycles. The Bertz CT molecular complexity index is 671. The highest BCUT2D eigenvalue weighted by Crippen LogP contribution is 2.21. The Morgan fingerprint density at radius 1 is 1.50 bits per heavy atom. The molecule has 0 bridgehead atoms. The number of rotatable bonds is 7. The third-order valence-corrected chi connectivity index (χ3v) is 4.44. The van der Waals surface area contributed by atoms with E-state index in [9.17, 15) is 4.79 Å². The zero-order valence-corrected chi connectivity index (χ0v) is 13.8. The van der Waals surface area contributed by atoms with Gasteiger partial charge in [-0.05, 0) is 24.5 Å². The first-order valence-corrected chi connectivity index (χ1v) is 8.71. The van der Waals surface area contributed by atoms with Crippen molar-refractivity contribution in [2.75, 3.05) is 23.1 Å². The summed E-state index contributed by atoms with van der Waals surface area (Å²) in [5.41, 5.74) is 6.50. The topological polar surface area (TPSA) is 85.8 Å². The molecule has 1 amide bonds. The maximum Gasteiger partial charge on any atom is 0.234 e. The van der Waals surface area contributed by atoms with Crippen molar-refractivity contribution in [2.24, 2.45) is 0 Å². The van der Waals surface area contributed by atoms with Crippen molar-refractivity contribution in [3.63, 3.8) is 0 Å². The van der Waals surface area contributed by atoms with Crippen LogP contribution in [0.5, 0.6) is 0 Å². The van der Waals surface area contributed by atoms with Crippen molar-refractivity contribution in [2.45, 2.75) is 16.6 Å². The molecular formula is C14H17N5OS2. The van der Waals surface area contributed by atoms with Crippen LogP contribution in [-0.4, -0.2) is 32.7 Å². The van der Waals surface area contributed by atoms with Crippen molar-refractivity contribution in [1.29, 1.82) is 0 Å². The van der Waals surface area contributed by atoms with Gasteiger partial charge in [0.15, 0.2) is 5.16 Å². The Kier molecular flexibility index (Phi) is 5.91. The van der Waals surface area contributed by atoms with Crippen molar-refractivity contribution < 1.29 is 4.79 Å². The predicted octanol–water partition coefficient (Wildman–Crippen LogP) is 2.50. The van der Waals surface area contributed by atoms with E-state index in [0.29, 0.717) is 17.6 Å². The van der Waals surface area contributed by atoms with Crippen LogP contribution in [0.3, 0.4) is 0 Å². The van der Waals surface area contributed by atoms with Gasteiger partial charge in [0.25, 0.3) is 0 Å². The Hall–Kier alpha value is -1.93. The van der Waals surface area contributed by atoms with Crippen LogP contribution in [0.4, 0.5) is 11.6 Å². The number of nitrogens with two attached hydrogens (primary N) is 1. The molecule has 0 aliphatic heterocycles. The molecule has 1 heterocycles. The van der Waals surface area contributed by atoms with Crippen molar-refractivity contribution in [1.82, 2.24) is 14.8 Å². The van der Waals surface area contributed by atoms with Crippen LogP contribution in [0, 0.1) is 0 Å². The number of aromatic nitrogens is 3. The van der Waals surface area contributed by atoms with Crippen LogP contribution in [0.1, 0.15) is 0 Å². The number of nitrogen functional groups attached to an aromatic ring is 1. The fraction of sp³-hybridized carbons (Fsp3) is 0.214. The lowest BCUT2D eigenvalue weighted by Crippen LogP contribution is -2.14. The van der Waals surface area contributed by atoms with Gasteiger partial charge in [0.2, 0.25) is 11.9 Å². The molecule has 1 aromatic heterocycles. The summed E-state index contributed by atoms with van der Waals surface area (Å²) in [5.74, 6) is 0.448. The summed E-state index contributed by atoms with van der Waals surface area (Å²) in [7, 11) is 0. The number of carbonyl (C=O) groups excluding carboxylic acids is 1. The molecule has 116 valence electrons. The Morgan fingerprint density at radius 3 is 3.05 bits per heavy atom. The maximum absolute atomic E-state index is 12.0. The molecule has 0 atom stereocenters. The van der Waals surface area contributed by atoms with E-state index < -0.39 is 0 Å². The molecule has 0 fully saturated rings. The molecule has 2 rings (SSSR count). The minimum Gasteiger partial charge on any atom is -0.368 e. The number of allylic oxidation sites excluding steroid dienone is 1. The normalized spacial score (nSPS) is 10.4. The van der Waals surface area contributed by atoms with Crippen LogP contribution in [0.15, 0.2) is 47.0 Å². The third-order valence-electron chi connectivity index (χ3n) is 2.74. The van der Waals surface area contributed by atoms with Crippen molar-refractivity contribution in [3.8, 4) is 0 Å². The number of amides is 1. The third kappa shape index (κ3) is 4.28. The summed E-state index contributed by atoms with van der Waals surface area (Å²) in [5, 5.41) is 11.2. The minimum atomic E-state index is -0.102. The lowest BCUT2D eigenvalue weighted by Gasteiger charge is -2.07. The monoisotopic (exact) mass is 335 g/mol. The molecule has 22 heavy (non-hydrogen) atoms. The van der Waals surface area contributed by atoms with Gasteiger partial charge in [-0.1, -0.05) is 23.9 Å². The highest BCUT2D eigenvalue weighted by Gasteiger charge is 2.11. The average molecular weight is 335 g/mol. The summed E-state index contributed by atoms with van der Waals surface area (Å²) in [6.45, 7) is 4.18. The van der Waals surface area contributed by atoms with Gasteiger partial charge in [0.05, 0.1) is 5.75 Å². The molecule has 0 spiro atoms. The fourth-order valence-corrected chi connectivity index (χ4v) is 2.95. The summed E-state index contributed by atoms with van der Waals surface area (Å²) >= 11 is 2.92. The number of thioether (sulfide) groups is 2. The molecular weight excluding hydrogens is 318 g/mol. The average Bonchev–Trinajstić information content (AvgIpc) is 2.86. The van der Waals surface area contributed by atoms with Crippen LogP contribution in [-0.2, 0) is 11.3 Å². The van der Waals surface area contributed by atoms with Gasteiger partial charge in [-0.2, -0.15) is 0 Å². The molecule has 6 nitrogen and oxygen atoms in total. The molecule has 0 unspecified atom stereocenters. The molecule has 0 aliphatic carbocycles. The Labute approximate surface area is 137 Å². The van der Waals surface area contributed by atoms with E-state index in [4.69, 9.17) is 5.73 Å². The van der Waals surface area contributed by atoms with Gasteiger partial charge < -0.3 is 11.1 Å². The number of anilines is 2. The Balaban J connectivity index is 1.94. The molecule has 1 aromatic carbocycles. The van der Waals surface area contributed by atoms with E-state index in [-0.39, 0.29) is 11.7 Å². The zero-order chi connectivity index (χ0) is 15.9. The fourth-order valence-electron chi connectivity index (χ4n) is 1.74. The first-order valence-electron chi connectivity index (χ1n) is 6.50. The van der Waals surface area contributed by atoms with E-state index in [0.717, 1.165) is 10.6 Å². The van der Waals surface area contributed by atoms with Gasteiger partial charge in [0.1, 0.15) is 0 Å². The largest absolute Gasteiger partial charge is 0.368 e. The minimum absolute atomic E-state index is 0.102. The van der Waals surface area contributed by atoms with Gasteiger partial charge in [0, 0.05) is 17.1 Å². The van der Waals surface area contributed by atoms with E-state index in [1.165, 1.54) is 11.8 Å². The molecule has 0 saturated heterocycles. The quantitative estimate of drug-likeness (QED) is 0.597. The molecule has 2 aromatic rings. The molecule has 3 N–H and O–H groups in total. The molecule has 0 aliphatic rings. The number of hydrogen-bond donors (Lipinski definition) is 2. The van der Waals surface area contributed by atoms with E-state index >= 15 is 0 Å². The van der Waals surface area contributed by atoms with E-state index in [1.54, 1.807) is 22.4 Å². The lowest BCUT2D eigenvalue weighted by atomic mass is 10.3. The first kappa shape index (κ1) is 16.4. The van der Waals surface area contributed by atoms with Crippen LogP contribution in [0.2, 0.25) is 0 Å². The van der Waals surface area contributed by atoms with Gasteiger partial charge in [-0.25, -0.2) is 0 Å². The molecule has 8 heteroatoms. The zero-order valence-electron chi connectivity index (χ0n) is 12.2. The van der Waals surface area contributed by atoms with Crippen LogP contribution in [0.25, 0.3) is 0 Å². The summed E-state index contributed by atoms with van der Waals surface area (Å²) in [4.78, 5) is 13.1. The van der Waals surface area contributed by atoms with Crippen molar-refractivity contribution in [3.05, 3.63) is 36.9 Å². The highest BCUT2D eigenvalue weighted by molar-refractivity contribution is 7.99. The number of benzene rings is 1. The second-order valence-electron chi connectivity index (χ2n) is 4.31. The van der Waals surface area contributed by atoms with E-state index in [1.807, 2.05) is 30.5 Å². The van der Waals surface area contributed by atoms with Crippen LogP contribution >= 0.6 is 23.5 Å². The van der Waals surface area contributed by atoms with Crippen molar-refractivity contribution >= 4 is 41.1 Å². The van der Waals surface area contributed by atoms with Gasteiger partial charge in [-0.3, -0.25) is 9.36 Å². The number of carbonyl (C=O) groups is 1. The second-order valence-corrected chi connectivity index (χ2v) is 6.13. The summed E-state index contributed by atoms with van der Waals surface area (Å²) < 4.78 is 1.71. The first-order chi connectivity index (χ1) is 10.6. The lowest BCUT2D eigenvalue weighted by molar-refractivity contribution is -0.113. The SMILES string of the molecule is C=CCn1c(N)nnc1SCC(=O)Nc1cccc(SC)c1. The molecule has 0 radical (unpaired) electrons. The number of nitrogens with zero attached hydrogens (tertiary/aromatic N) is 3.